The van der Waals surface area contributed by atoms with Crippen LogP contribution in [0.15, 0.2) is 12.7 Å². The van der Waals surface area contributed by atoms with E-state index in [9.17, 15) is 4.79 Å². The molecule has 0 radical (unpaired) electrons. The molecule has 0 heterocycles. The van der Waals surface area contributed by atoms with E-state index in [-0.39, 0.29) is 5.91 Å². The molecule has 1 aliphatic carbocycles. The Morgan fingerprint density at radius 1 is 1.44 bits per heavy atom. The summed E-state index contributed by atoms with van der Waals surface area (Å²) >= 11 is 0. The first kappa shape index (κ1) is 15.2. The number of hydrogen-bond donors (Lipinski definition) is 1. The van der Waals surface area contributed by atoms with E-state index in [1.165, 1.54) is 12.8 Å². The molecule has 1 aliphatic rings. The van der Waals surface area contributed by atoms with Gasteiger partial charge in [-0.25, -0.2) is 0 Å². The summed E-state index contributed by atoms with van der Waals surface area (Å²) in [6.45, 7) is 8.91. The molecule has 1 rings (SSSR count). The Morgan fingerprint density at radius 2 is 2.06 bits per heavy atom. The standard InChI is InChI=1S/C15H28N2O/c1-4-7-14(16)15(18)17(11-10-12(2)3)13-8-5-6-9-13/h4,12-14H,1,5-11,16H2,2-3H3. The number of carbonyl (C=O) groups is 1. The van der Waals surface area contributed by atoms with Gasteiger partial charge in [0.25, 0.3) is 0 Å². The van der Waals surface area contributed by atoms with Gasteiger partial charge in [0.15, 0.2) is 0 Å². The van der Waals surface area contributed by atoms with Gasteiger partial charge >= 0.3 is 0 Å². The lowest BCUT2D eigenvalue weighted by atomic mass is 10.1. The fourth-order valence-electron chi connectivity index (χ4n) is 2.58. The zero-order valence-electron chi connectivity index (χ0n) is 11.9. The molecule has 0 aromatic carbocycles. The van der Waals surface area contributed by atoms with Crippen molar-refractivity contribution in [3.8, 4) is 0 Å². The van der Waals surface area contributed by atoms with Gasteiger partial charge in [-0.2, -0.15) is 0 Å². The molecule has 1 saturated carbocycles. The minimum Gasteiger partial charge on any atom is -0.338 e. The molecule has 104 valence electrons. The van der Waals surface area contributed by atoms with Crippen molar-refractivity contribution in [2.45, 2.75) is 64.5 Å². The van der Waals surface area contributed by atoms with Gasteiger partial charge in [-0.3, -0.25) is 4.79 Å². The van der Waals surface area contributed by atoms with Crippen molar-refractivity contribution >= 4 is 5.91 Å². The topological polar surface area (TPSA) is 46.3 Å². The molecule has 1 fully saturated rings. The molecular formula is C15H28N2O. The van der Waals surface area contributed by atoms with Crippen LogP contribution in [0.3, 0.4) is 0 Å². The molecule has 2 N–H and O–H groups in total. The number of nitrogens with two attached hydrogens (primary N) is 1. The molecule has 0 spiro atoms. The third-order valence-corrected chi connectivity index (χ3v) is 3.73. The van der Waals surface area contributed by atoms with Gasteiger partial charge in [0.2, 0.25) is 5.91 Å². The van der Waals surface area contributed by atoms with Gasteiger partial charge in [-0.05, 0) is 31.6 Å². The van der Waals surface area contributed by atoms with Crippen molar-refractivity contribution in [2.24, 2.45) is 11.7 Å². The van der Waals surface area contributed by atoms with Crippen LogP contribution in [-0.4, -0.2) is 29.4 Å². The van der Waals surface area contributed by atoms with E-state index in [4.69, 9.17) is 5.73 Å². The van der Waals surface area contributed by atoms with Crippen LogP contribution in [0.4, 0.5) is 0 Å². The second-order valence-corrected chi connectivity index (χ2v) is 5.78. The fraction of sp³-hybridized carbons (Fsp3) is 0.800. The highest BCUT2D eigenvalue weighted by Crippen LogP contribution is 2.25. The molecule has 18 heavy (non-hydrogen) atoms. The third-order valence-electron chi connectivity index (χ3n) is 3.73. The molecule has 3 nitrogen and oxygen atoms in total. The number of amides is 1. The van der Waals surface area contributed by atoms with Crippen molar-refractivity contribution in [1.82, 2.24) is 4.90 Å². The Hall–Kier alpha value is -0.830. The van der Waals surface area contributed by atoms with Crippen molar-refractivity contribution in [3.63, 3.8) is 0 Å². The number of hydrogen-bond acceptors (Lipinski definition) is 2. The Labute approximate surface area is 111 Å². The maximum atomic E-state index is 12.4. The fourth-order valence-corrected chi connectivity index (χ4v) is 2.58. The van der Waals surface area contributed by atoms with Crippen LogP contribution in [0.5, 0.6) is 0 Å². The maximum absolute atomic E-state index is 12.4. The quantitative estimate of drug-likeness (QED) is 0.708. The summed E-state index contributed by atoms with van der Waals surface area (Å²) in [5.74, 6) is 0.736. The highest BCUT2D eigenvalue weighted by atomic mass is 16.2. The summed E-state index contributed by atoms with van der Waals surface area (Å²) < 4.78 is 0. The summed E-state index contributed by atoms with van der Waals surface area (Å²) in [6.07, 6.45) is 8.14. The van der Waals surface area contributed by atoms with E-state index in [2.05, 4.69) is 20.4 Å². The van der Waals surface area contributed by atoms with Gasteiger partial charge < -0.3 is 10.6 Å². The van der Waals surface area contributed by atoms with Crippen LogP contribution < -0.4 is 5.73 Å². The molecule has 1 unspecified atom stereocenters. The monoisotopic (exact) mass is 252 g/mol. The third kappa shape index (κ3) is 4.45. The maximum Gasteiger partial charge on any atom is 0.240 e. The summed E-state index contributed by atoms with van der Waals surface area (Å²) in [6, 6.07) is 0.0161. The van der Waals surface area contributed by atoms with E-state index < -0.39 is 6.04 Å². The van der Waals surface area contributed by atoms with Crippen LogP contribution in [0.1, 0.15) is 52.4 Å². The largest absolute Gasteiger partial charge is 0.338 e. The van der Waals surface area contributed by atoms with Crippen LogP contribution in [0.25, 0.3) is 0 Å². The number of rotatable bonds is 7. The Morgan fingerprint density at radius 3 is 2.56 bits per heavy atom. The molecule has 0 saturated heterocycles. The van der Waals surface area contributed by atoms with Gasteiger partial charge in [0, 0.05) is 12.6 Å². The average molecular weight is 252 g/mol. The van der Waals surface area contributed by atoms with Gasteiger partial charge in [-0.15, -0.1) is 6.58 Å². The first-order valence-corrected chi connectivity index (χ1v) is 7.23. The Kier molecular flexibility index (Phi) is 6.41. The second-order valence-electron chi connectivity index (χ2n) is 5.78. The van der Waals surface area contributed by atoms with Crippen LogP contribution >= 0.6 is 0 Å². The SMILES string of the molecule is C=CCC(N)C(=O)N(CCC(C)C)C1CCCC1. The molecule has 1 amide bonds. The molecule has 0 aromatic heterocycles. The van der Waals surface area contributed by atoms with Crippen LogP contribution in [-0.2, 0) is 4.79 Å². The molecule has 3 heteroatoms. The van der Waals surface area contributed by atoms with Gasteiger partial charge in [0.05, 0.1) is 6.04 Å². The van der Waals surface area contributed by atoms with Crippen molar-refractivity contribution in [1.29, 1.82) is 0 Å². The summed E-state index contributed by atoms with van der Waals surface area (Å²) in [4.78, 5) is 14.4. The van der Waals surface area contributed by atoms with Gasteiger partial charge in [0.1, 0.15) is 0 Å². The average Bonchev–Trinajstić information content (AvgIpc) is 2.82. The smallest absolute Gasteiger partial charge is 0.240 e. The summed E-state index contributed by atoms with van der Waals surface area (Å²) in [5, 5.41) is 0. The lowest BCUT2D eigenvalue weighted by Crippen LogP contribution is -2.48. The Bertz CT molecular complexity index is 270. The highest BCUT2D eigenvalue weighted by Gasteiger charge is 2.29. The van der Waals surface area contributed by atoms with E-state index in [0.717, 1.165) is 25.8 Å². The molecule has 0 aliphatic heterocycles. The van der Waals surface area contributed by atoms with Crippen molar-refractivity contribution < 1.29 is 4.79 Å². The first-order valence-electron chi connectivity index (χ1n) is 7.23. The van der Waals surface area contributed by atoms with E-state index in [0.29, 0.717) is 18.4 Å². The predicted octanol–water partition coefficient (Wildman–Crippen LogP) is 2.71. The number of nitrogens with zero attached hydrogens (tertiary/aromatic N) is 1. The number of carbonyl (C=O) groups excluding carboxylic acids is 1. The summed E-state index contributed by atoms with van der Waals surface area (Å²) in [7, 11) is 0. The van der Waals surface area contributed by atoms with Gasteiger partial charge in [-0.1, -0.05) is 32.8 Å². The second kappa shape index (κ2) is 7.57. The summed E-state index contributed by atoms with van der Waals surface area (Å²) in [5.41, 5.74) is 5.94. The Balaban J connectivity index is 2.62. The lowest BCUT2D eigenvalue weighted by Gasteiger charge is -2.31. The molecule has 0 aromatic rings. The van der Waals surface area contributed by atoms with Crippen LogP contribution in [0, 0.1) is 5.92 Å². The van der Waals surface area contributed by atoms with Crippen molar-refractivity contribution in [3.05, 3.63) is 12.7 Å². The molecule has 1 atom stereocenters. The zero-order chi connectivity index (χ0) is 13.5. The van der Waals surface area contributed by atoms with Crippen molar-refractivity contribution in [2.75, 3.05) is 6.54 Å². The molecule has 0 bridgehead atoms. The highest BCUT2D eigenvalue weighted by molar-refractivity contribution is 5.82. The van der Waals surface area contributed by atoms with E-state index in [1.807, 2.05) is 4.90 Å². The zero-order valence-corrected chi connectivity index (χ0v) is 11.9. The predicted molar refractivity (Wildman–Crippen MR) is 76.2 cm³/mol. The normalized spacial score (nSPS) is 18.0. The lowest BCUT2D eigenvalue weighted by molar-refractivity contribution is -0.135. The van der Waals surface area contributed by atoms with Crippen LogP contribution in [0.2, 0.25) is 0 Å². The van der Waals surface area contributed by atoms with E-state index in [1.54, 1.807) is 6.08 Å². The van der Waals surface area contributed by atoms with E-state index >= 15 is 0 Å². The molecular weight excluding hydrogens is 224 g/mol. The minimum atomic E-state index is -0.407. The first-order chi connectivity index (χ1) is 8.56. The minimum absolute atomic E-state index is 0.113.